The average Bonchev–Trinajstić information content (AvgIpc) is 2.81. The number of aryl methyl sites for hydroxylation is 1. The molecule has 0 radical (unpaired) electrons. The maximum absolute atomic E-state index is 5.64. The fraction of sp³-hybridized carbons (Fsp3) is 0.615. The predicted octanol–water partition coefficient (Wildman–Crippen LogP) is 2.05. The number of aromatic nitrogens is 1. The van der Waals surface area contributed by atoms with Crippen molar-refractivity contribution in [2.24, 2.45) is 0 Å². The highest BCUT2D eigenvalue weighted by molar-refractivity contribution is 5.12. The molecule has 2 heterocycles. The molecule has 3 nitrogen and oxygen atoms in total. The molecule has 0 saturated carbocycles. The molecule has 2 unspecified atom stereocenters. The van der Waals surface area contributed by atoms with Crippen LogP contribution in [0, 0.1) is 6.92 Å². The topological polar surface area (TPSA) is 34.1 Å². The Morgan fingerprint density at radius 1 is 1.56 bits per heavy atom. The van der Waals surface area contributed by atoms with Crippen LogP contribution in [0.4, 0.5) is 0 Å². The second-order valence-corrected chi connectivity index (χ2v) is 4.55. The van der Waals surface area contributed by atoms with Crippen LogP contribution in [0.1, 0.15) is 31.0 Å². The number of pyridine rings is 1. The summed E-state index contributed by atoms with van der Waals surface area (Å²) in [7, 11) is 0. The van der Waals surface area contributed by atoms with Crippen LogP contribution in [0.25, 0.3) is 0 Å². The van der Waals surface area contributed by atoms with Gasteiger partial charge < -0.3 is 10.1 Å². The molecule has 0 spiro atoms. The molecule has 1 saturated heterocycles. The van der Waals surface area contributed by atoms with Gasteiger partial charge in [0.05, 0.1) is 11.8 Å². The van der Waals surface area contributed by atoms with Crippen molar-refractivity contribution in [3.8, 4) is 0 Å². The molecule has 1 aliphatic heterocycles. The Kier molecular flexibility index (Phi) is 3.91. The maximum atomic E-state index is 5.64. The monoisotopic (exact) mass is 220 g/mol. The number of ether oxygens (including phenoxy) is 1. The van der Waals surface area contributed by atoms with Crippen molar-refractivity contribution in [2.45, 2.75) is 45.4 Å². The van der Waals surface area contributed by atoms with Gasteiger partial charge in [-0.2, -0.15) is 0 Å². The molecule has 2 atom stereocenters. The van der Waals surface area contributed by atoms with Crippen LogP contribution in [0.2, 0.25) is 0 Å². The van der Waals surface area contributed by atoms with E-state index in [0.29, 0.717) is 12.1 Å². The van der Waals surface area contributed by atoms with Crippen LogP contribution in [-0.2, 0) is 11.3 Å². The van der Waals surface area contributed by atoms with Crippen molar-refractivity contribution >= 4 is 0 Å². The van der Waals surface area contributed by atoms with E-state index in [1.165, 1.54) is 18.4 Å². The predicted molar refractivity (Wildman–Crippen MR) is 64.2 cm³/mol. The van der Waals surface area contributed by atoms with Gasteiger partial charge in [0, 0.05) is 25.4 Å². The third-order valence-electron chi connectivity index (χ3n) is 3.10. The first-order chi connectivity index (χ1) is 7.75. The smallest absolute Gasteiger partial charge is 0.0726 e. The summed E-state index contributed by atoms with van der Waals surface area (Å²) >= 11 is 0. The summed E-state index contributed by atoms with van der Waals surface area (Å²) in [6, 6.07) is 4.58. The second-order valence-electron chi connectivity index (χ2n) is 4.55. The van der Waals surface area contributed by atoms with Crippen molar-refractivity contribution in [1.29, 1.82) is 0 Å². The lowest BCUT2D eigenvalue weighted by molar-refractivity contribution is 0.0831. The molecule has 3 heteroatoms. The fourth-order valence-corrected chi connectivity index (χ4v) is 2.00. The minimum absolute atomic E-state index is 0.380. The molecule has 0 aliphatic carbocycles. The van der Waals surface area contributed by atoms with E-state index in [4.69, 9.17) is 4.74 Å². The Balaban J connectivity index is 1.80. The van der Waals surface area contributed by atoms with Crippen LogP contribution in [-0.4, -0.2) is 23.7 Å². The Morgan fingerprint density at radius 3 is 3.06 bits per heavy atom. The van der Waals surface area contributed by atoms with Crippen LogP contribution in [0.3, 0.4) is 0 Å². The van der Waals surface area contributed by atoms with E-state index in [1.54, 1.807) is 0 Å². The molecule has 16 heavy (non-hydrogen) atoms. The standard InChI is InChI=1S/C13H20N2O/c1-10-5-6-12(15-8-10)9-14-11(2)13-4-3-7-16-13/h5-6,8,11,13-14H,3-4,7,9H2,1-2H3. The van der Waals surface area contributed by atoms with Gasteiger partial charge in [-0.25, -0.2) is 0 Å². The highest BCUT2D eigenvalue weighted by Crippen LogP contribution is 2.15. The number of rotatable bonds is 4. The van der Waals surface area contributed by atoms with Crippen LogP contribution < -0.4 is 5.32 Å². The van der Waals surface area contributed by atoms with Crippen molar-refractivity contribution in [2.75, 3.05) is 6.61 Å². The van der Waals surface area contributed by atoms with Gasteiger partial charge >= 0.3 is 0 Å². The van der Waals surface area contributed by atoms with Crippen LogP contribution in [0.5, 0.6) is 0 Å². The Bertz CT molecular complexity index is 317. The minimum Gasteiger partial charge on any atom is -0.377 e. The third kappa shape index (κ3) is 3.03. The van der Waals surface area contributed by atoms with Crippen molar-refractivity contribution < 1.29 is 4.74 Å². The number of nitrogens with zero attached hydrogens (tertiary/aromatic N) is 1. The summed E-state index contributed by atoms with van der Waals surface area (Å²) in [6.07, 6.45) is 4.66. The molecule has 0 bridgehead atoms. The van der Waals surface area contributed by atoms with E-state index < -0.39 is 0 Å². The first kappa shape index (κ1) is 11.6. The number of nitrogens with one attached hydrogen (secondary N) is 1. The van der Waals surface area contributed by atoms with E-state index in [0.717, 1.165) is 18.8 Å². The lowest BCUT2D eigenvalue weighted by Crippen LogP contribution is -2.36. The molecule has 88 valence electrons. The highest BCUT2D eigenvalue weighted by Gasteiger charge is 2.21. The molecule has 1 aliphatic rings. The van der Waals surface area contributed by atoms with Crippen molar-refractivity contribution in [3.05, 3.63) is 29.6 Å². The first-order valence-corrected chi connectivity index (χ1v) is 6.02. The summed E-state index contributed by atoms with van der Waals surface area (Å²) in [4.78, 5) is 4.37. The molecule has 1 N–H and O–H groups in total. The third-order valence-corrected chi connectivity index (χ3v) is 3.10. The zero-order valence-electron chi connectivity index (χ0n) is 10.1. The first-order valence-electron chi connectivity index (χ1n) is 6.02. The largest absolute Gasteiger partial charge is 0.377 e. The van der Waals surface area contributed by atoms with Crippen molar-refractivity contribution in [1.82, 2.24) is 10.3 Å². The summed E-state index contributed by atoms with van der Waals surface area (Å²) in [5, 5.41) is 3.47. The lowest BCUT2D eigenvalue weighted by atomic mass is 10.1. The maximum Gasteiger partial charge on any atom is 0.0726 e. The Morgan fingerprint density at radius 2 is 2.44 bits per heavy atom. The van der Waals surface area contributed by atoms with Gasteiger partial charge in [0.25, 0.3) is 0 Å². The molecule has 2 rings (SSSR count). The Labute approximate surface area is 97.2 Å². The molecule has 0 amide bonds. The zero-order chi connectivity index (χ0) is 11.4. The average molecular weight is 220 g/mol. The molecular weight excluding hydrogens is 200 g/mol. The van der Waals surface area contributed by atoms with Crippen molar-refractivity contribution in [3.63, 3.8) is 0 Å². The van der Waals surface area contributed by atoms with E-state index >= 15 is 0 Å². The Hall–Kier alpha value is -0.930. The van der Waals surface area contributed by atoms with E-state index in [2.05, 4.69) is 36.3 Å². The number of hydrogen-bond acceptors (Lipinski definition) is 3. The summed E-state index contributed by atoms with van der Waals surface area (Å²) in [5.74, 6) is 0. The molecular formula is C13H20N2O. The number of hydrogen-bond donors (Lipinski definition) is 1. The van der Waals surface area contributed by atoms with Crippen LogP contribution >= 0.6 is 0 Å². The van der Waals surface area contributed by atoms with Gasteiger partial charge in [0.15, 0.2) is 0 Å². The zero-order valence-corrected chi connectivity index (χ0v) is 10.1. The quantitative estimate of drug-likeness (QED) is 0.843. The van der Waals surface area contributed by atoms with Crippen LogP contribution in [0.15, 0.2) is 18.3 Å². The molecule has 1 aromatic rings. The summed E-state index contributed by atoms with van der Waals surface area (Å²) in [6.45, 7) is 5.98. The molecule has 1 aromatic heterocycles. The van der Waals surface area contributed by atoms with E-state index in [-0.39, 0.29) is 0 Å². The molecule has 1 fully saturated rings. The van der Waals surface area contributed by atoms with Gasteiger partial charge in [-0.05, 0) is 38.3 Å². The minimum atomic E-state index is 0.380. The van der Waals surface area contributed by atoms with Gasteiger partial charge in [-0.3, -0.25) is 4.98 Å². The lowest BCUT2D eigenvalue weighted by Gasteiger charge is -2.19. The van der Waals surface area contributed by atoms with E-state index in [9.17, 15) is 0 Å². The second kappa shape index (κ2) is 5.41. The van der Waals surface area contributed by atoms with Gasteiger partial charge in [-0.15, -0.1) is 0 Å². The van der Waals surface area contributed by atoms with Gasteiger partial charge in [0.1, 0.15) is 0 Å². The fourth-order valence-electron chi connectivity index (χ4n) is 2.00. The van der Waals surface area contributed by atoms with Gasteiger partial charge in [-0.1, -0.05) is 6.07 Å². The van der Waals surface area contributed by atoms with Gasteiger partial charge in [0.2, 0.25) is 0 Å². The normalized spacial score (nSPS) is 22.2. The molecule has 0 aromatic carbocycles. The highest BCUT2D eigenvalue weighted by atomic mass is 16.5. The van der Waals surface area contributed by atoms with E-state index in [1.807, 2.05) is 6.20 Å². The summed E-state index contributed by atoms with van der Waals surface area (Å²) in [5.41, 5.74) is 2.30. The SMILES string of the molecule is Cc1ccc(CNC(C)C2CCCO2)nc1. The summed E-state index contributed by atoms with van der Waals surface area (Å²) < 4.78 is 5.64.